The lowest BCUT2D eigenvalue weighted by Crippen LogP contribution is -2.61. The monoisotopic (exact) mass is 1970 g/mol. The van der Waals surface area contributed by atoms with Gasteiger partial charge in [-0.2, -0.15) is 0 Å². The number of para-hydroxylation sites is 2. The quantitative estimate of drug-likeness (QED) is 0.0148. The van der Waals surface area contributed by atoms with E-state index < -0.39 is 211 Å². The topological polar surface area (TPSA) is 693 Å². The zero-order chi connectivity index (χ0) is 104. The van der Waals surface area contributed by atoms with E-state index in [0.717, 1.165) is 36.6 Å². The van der Waals surface area contributed by atoms with E-state index in [1.54, 1.807) is 46.2 Å². The molecule has 141 heavy (non-hydrogen) atoms. The molecule has 1 aliphatic rings. The molecule has 0 bridgehead atoms. The SMILES string of the molecule is CCCCCCCCCCCCCCCCCC(=O)NCC(=O)N[C@@H](Cc1c[nH]c2ccccc12)C(=O)N[C@@H](Cc1c[nH]c2ccccc12)C(=O)N[C@@H](Cc1ccc(O)cc1)C(=O)N[C@@H](CCCCN)C(=O)NCC(=O)N[C@@H](CCCNC(=N)N)C(=O)N[C@@H](C)C(=O)N[C@@H](CCCNC(=N)N)C(=O)N1CCC[C@H]1C(=O)N[C@H](C(=O)N[C@@H](CO)C(=O)N[C@@H](C)C(=O)N[C@H](C(=O)N[C@@H](C)C(N)=O)C(C)C)C(C)C. The van der Waals surface area contributed by atoms with Crippen LogP contribution in [-0.2, 0) is 96.0 Å². The number of H-pyrrole nitrogens is 2. The van der Waals surface area contributed by atoms with Gasteiger partial charge in [0.2, 0.25) is 94.5 Å². The van der Waals surface area contributed by atoms with Crippen molar-refractivity contribution < 1.29 is 86.9 Å². The van der Waals surface area contributed by atoms with Crippen LogP contribution in [0.2, 0.25) is 0 Å². The number of carbonyl (C=O) groups excluding carboxylic acids is 16. The molecule has 0 spiro atoms. The number of benzene rings is 3. The number of hydrogen-bond acceptors (Lipinski definition) is 21. The van der Waals surface area contributed by atoms with Crippen LogP contribution >= 0.6 is 0 Å². The first-order valence-electron chi connectivity index (χ1n) is 49.4. The standard InChI is InChI=1S/C98H153N25O18/c1-9-10-11-12-13-14-15-16-17-18-19-20-21-22-23-41-79(126)109-55-80(127)115-75(51-64-53-107-69-35-26-24-33-67(64)69)90(135)119-76(52-65-54-108-70-36-27-25-34-68(65)70)91(136)118-74(50-63-42-44-66(125)45-43-63)89(134)116-71(37-28-29-46-99)87(132)110-56-81(128)114-72(38-30-47-105-97(101)102)88(133)112-61(7)85(130)117-73(39-31-48-106-98(103)104)96(141)123-49-32-40-78(123)93(138)122-83(59(4)5)95(140)120-77(57-124)92(137)113-62(8)86(131)121-82(58(2)3)94(139)111-60(6)84(100)129/h24-27,33-36,42-45,53-54,58-62,71-78,82-83,107-108,124-125H,9-23,28-32,37-41,46-52,55-57,99H2,1-8H3,(H2,100,129)(H,109,126)(H,110,132)(H,111,139)(H,112,133)(H,113,137)(H,114,128)(H,115,127)(H,116,134)(H,117,130)(H,118,136)(H,119,135)(H,120,140)(H,121,131)(H,122,138)(H4,101,102,105)(H4,103,104,106)/t60-,61-,62-,71-,72-,73-,74-,75-,76-,77-,78-,82-,83-/m0/s1. The molecule has 30 N–H and O–H groups in total. The summed E-state index contributed by atoms with van der Waals surface area (Å²) in [5, 5.41) is 79.5. The Hall–Kier alpha value is -13.5. The molecule has 5 aromatic rings. The van der Waals surface area contributed by atoms with Gasteiger partial charge in [0.25, 0.3) is 0 Å². The summed E-state index contributed by atoms with van der Waals surface area (Å²) >= 11 is 0. The lowest BCUT2D eigenvalue weighted by atomic mass is 10.00. The van der Waals surface area contributed by atoms with Crippen LogP contribution in [0.15, 0.2) is 85.2 Å². The van der Waals surface area contributed by atoms with Crippen LogP contribution in [0.5, 0.6) is 5.75 Å². The van der Waals surface area contributed by atoms with Crippen LogP contribution in [0.1, 0.15) is 233 Å². The number of phenolic OH excluding ortho intramolecular Hbond substituents is 1. The molecule has 0 radical (unpaired) electrons. The summed E-state index contributed by atoms with van der Waals surface area (Å²) in [5.74, 6) is -15.2. The van der Waals surface area contributed by atoms with Gasteiger partial charge in [0.1, 0.15) is 84.3 Å². The second-order valence-corrected chi connectivity index (χ2v) is 36.9. The number of aromatic hydroxyl groups is 1. The number of fused-ring (bicyclic) bond motifs is 2. The van der Waals surface area contributed by atoms with Crippen molar-refractivity contribution in [3.8, 4) is 5.75 Å². The number of rotatable bonds is 66. The molecule has 1 aliphatic heterocycles. The first-order valence-corrected chi connectivity index (χ1v) is 49.4. The zero-order valence-corrected chi connectivity index (χ0v) is 82.7. The van der Waals surface area contributed by atoms with Gasteiger partial charge in [-0.15, -0.1) is 0 Å². The van der Waals surface area contributed by atoms with Gasteiger partial charge in [0, 0.05) is 79.5 Å². The fraction of sp³-hybridized carbons (Fsp3) is 0.592. The third-order valence-corrected chi connectivity index (χ3v) is 24.6. The summed E-state index contributed by atoms with van der Waals surface area (Å²) in [5.41, 5.74) is 25.5. The number of phenols is 1. The van der Waals surface area contributed by atoms with Crippen LogP contribution in [-0.4, -0.2) is 256 Å². The Morgan fingerprint density at radius 1 is 0.411 bits per heavy atom. The number of carbonyl (C=O) groups is 16. The summed E-state index contributed by atoms with van der Waals surface area (Å²) in [7, 11) is 0. The molecule has 43 nitrogen and oxygen atoms in total. The maximum absolute atomic E-state index is 15.4. The summed E-state index contributed by atoms with van der Waals surface area (Å²) in [4.78, 5) is 233. The van der Waals surface area contributed by atoms with Crippen molar-refractivity contribution in [1.29, 1.82) is 10.8 Å². The number of aromatic nitrogens is 2. The average Bonchev–Trinajstić information content (AvgIpc) is 1.68. The Bertz CT molecular complexity index is 4950. The van der Waals surface area contributed by atoms with Gasteiger partial charge in [-0.25, -0.2) is 0 Å². The van der Waals surface area contributed by atoms with E-state index >= 15 is 14.4 Å². The number of aliphatic hydroxyl groups is 1. The van der Waals surface area contributed by atoms with Crippen LogP contribution in [0, 0.1) is 22.7 Å². The second kappa shape index (κ2) is 61.9. The minimum absolute atomic E-state index is 0.00965. The van der Waals surface area contributed by atoms with E-state index in [0.29, 0.717) is 40.4 Å². The molecule has 16 amide bonds. The molecular formula is C98H153N25O18. The van der Waals surface area contributed by atoms with Gasteiger partial charge in [-0.1, -0.05) is 173 Å². The van der Waals surface area contributed by atoms with Crippen molar-refractivity contribution in [1.82, 2.24) is 99.9 Å². The molecule has 43 heteroatoms. The normalized spacial score (nSPS) is 14.9. The van der Waals surface area contributed by atoms with Crippen molar-refractivity contribution in [2.75, 3.05) is 45.9 Å². The molecule has 3 heterocycles. The number of aromatic amines is 2. The number of nitrogens with zero attached hydrogens (tertiary/aromatic N) is 1. The Labute approximate surface area is 824 Å². The summed E-state index contributed by atoms with van der Waals surface area (Å²) in [6.45, 7) is 10.6. The fourth-order valence-electron chi connectivity index (χ4n) is 16.4. The highest BCUT2D eigenvalue weighted by molar-refractivity contribution is 6.01. The number of amides is 16. The van der Waals surface area contributed by atoms with E-state index in [9.17, 15) is 72.5 Å². The number of primary amides is 1. The minimum atomic E-state index is -1.68. The molecule has 0 saturated carbocycles. The fourth-order valence-corrected chi connectivity index (χ4v) is 16.4. The van der Waals surface area contributed by atoms with Crippen molar-refractivity contribution in [3.05, 3.63) is 102 Å². The Balaban J connectivity index is 1.14. The van der Waals surface area contributed by atoms with Gasteiger partial charge in [0.15, 0.2) is 11.9 Å². The van der Waals surface area contributed by atoms with Gasteiger partial charge >= 0.3 is 0 Å². The molecule has 1 saturated heterocycles. The molecule has 778 valence electrons. The maximum Gasteiger partial charge on any atom is 0.245 e. The Morgan fingerprint density at radius 3 is 1.33 bits per heavy atom. The number of aliphatic hydroxyl groups excluding tert-OH is 1. The molecular weight excluding hydrogens is 1820 g/mol. The maximum atomic E-state index is 15.4. The summed E-state index contributed by atoms with van der Waals surface area (Å²) in [6.07, 6.45) is 21.4. The molecule has 0 unspecified atom stereocenters. The number of guanidine groups is 2. The molecule has 0 aliphatic carbocycles. The molecule has 6 rings (SSSR count). The van der Waals surface area contributed by atoms with Gasteiger partial charge in [-0.05, 0) is 144 Å². The second-order valence-electron chi connectivity index (χ2n) is 36.9. The zero-order valence-electron chi connectivity index (χ0n) is 82.7. The van der Waals surface area contributed by atoms with Gasteiger partial charge < -0.3 is 133 Å². The largest absolute Gasteiger partial charge is 0.508 e. The van der Waals surface area contributed by atoms with Crippen LogP contribution in [0.4, 0.5) is 0 Å². The number of hydrogen-bond donors (Lipinski definition) is 26. The highest BCUT2D eigenvalue weighted by atomic mass is 16.3. The number of likely N-dealkylation sites (tertiary alicyclic amines) is 1. The van der Waals surface area contributed by atoms with Crippen molar-refractivity contribution >= 4 is 128 Å². The third kappa shape index (κ3) is 41.1. The van der Waals surface area contributed by atoms with Crippen molar-refractivity contribution in [2.24, 2.45) is 34.8 Å². The van der Waals surface area contributed by atoms with E-state index in [2.05, 4.69) is 102 Å². The van der Waals surface area contributed by atoms with E-state index in [1.807, 2.05) is 42.5 Å². The van der Waals surface area contributed by atoms with E-state index in [1.165, 1.54) is 114 Å². The average molecular weight is 1970 g/mol. The summed E-state index contributed by atoms with van der Waals surface area (Å²) < 4.78 is 0. The van der Waals surface area contributed by atoms with Crippen LogP contribution in [0.25, 0.3) is 21.8 Å². The predicted octanol–water partition coefficient (Wildman–Crippen LogP) is 1.19. The van der Waals surface area contributed by atoms with Crippen LogP contribution in [0.3, 0.4) is 0 Å². The first kappa shape index (κ1) is 116. The highest BCUT2D eigenvalue weighted by Crippen LogP contribution is 2.25. The molecule has 2 aromatic heterocycles. The van der Waals surface area contributed by atoms with Crippen molar-refractivity contribution in [2.45, 2.75) is 314 Å². The number of nitrogens with two attached hydrogens (primary N) is 4. The summed E-state index contributed by atoms with van der Waals surface area (Å²) in [6, 6.07) is 2.37. The van der Waals surface area contributed by atoms with Gasteiger partial charge in [0.05, 0.1) is 19.7 Å². The molecule has 13 atom stereocenters. The van der Waals surface area contributed by atoms with E-state index in [4.69, 9.17) is 33.8 Å². The first-order chi connectivity index (χ1) is 67.3. The molecule has 3 aromatic carbocycles. The minimum Gasteiger partial charge on any atom is -0.508 e. The lowest BCUT2D eigenvalue weighted by molar-refractivity contribution is -0.143. The van der Waals surface area contributed by atoms with E-state index in [-0.39, 0.29) is 115 Å². The third-order valence-electron chi connectivity index (χ3n) is 24.6. The lowest BCUT2D eigenvalue weighted by Gasteiger charge is -2.31. The number of nitrogens with one attached hydrogen (secondary N) is 20. The van der Waals surface area contributed by atoms with Gasteiger partial charge in [-0.3, -0.25) is 87.5 Å². The molecule has 1 fully saturated rings. The highest BCUT2D eigenvalue weighted by Gasteiger charge is 2.42. The predicted molar refractivity (Wildman–Crippen MR) is 533 cm³/mol. The smallest absolute Gasteiger partial charge is 0.245 e. The Kier molecular flexibility index (Phi) is 51.0. The Morgan fingerprint density at radius 2 is 0.823 bits per heavy atom. The number of unbranched alkanes of at least 4 members (excludes halogenated alkanes) is 15. The van der Waals surface area contributed by atoms with Crippen molar-refractivity contribution in [3.63, 3.8) is 0 Å². The van der Waals surface area contributed by atoms with Crippen LogP contribution < -0.4 is 108 Å².